The van der Waals surface area contributed by atoms with Crippen LogP contribution in [0.2, 0.25) is 0 Å². The summed E-state index contributed by atoms with van der Waals surface area (Å²) in [6, 6.07) is 0. The molecule has 570 valence electrons. The zero-order chi connectivity index (χ0) is 70.5. The Morgan fingerprint density at radius 2 is 0.479 bits per heavy atom. The van der Waals surface area contributed by atoms with Crippen LogP contribution in [0.3, 0.4) is 0 Å². The maximum atomic E-state index is 13.1. The van der Waals surface area contributed by atoms with Gasteiger partial charge in [-0.2, -0.15) is 0 Å². The number of phosphoric acid groups is 2. The van der Waals surface area contributed by atoms with Crippen molar-refractivity contribution in [2.45, 2.75) is 425 Å². The van der Waals surface area contributed by atoms with Gasteiger partial charge < -0.3 is 33.8 Å². The highest BCUT2D eigenvalue weighted by Crippen LogP contribution is 2.45. The van der Waals surface area contributed by atoms with E-state index in [-0.39, 0.29) is 25.7 Å². The first-order valence-electron chi connectivity index (χ1n) is 40.1. The molecule has 5 atom stereocenters. The van der Waals surface area contributed by atoms with Gasteiger partial charge in [-0.15, -0.1) is 0 Å². The fraction of sp³-hybridized carbons (Fsp3) is 0.948. The third-order valence-corrected chi connectivity index (χ3v) is 19.9. The number of esters is 4. The number of unbranched alkanes of at least 4 members (excludes halogenated alkanes) is 49. The van der Waals surface area contributed by atoms with Crippen molar-refractivity contribution in [1.82, 2.24) is 0 Å². The Labute approximate surface area is 588 Å². The maximum absolute atomic E-state index is 13.1. The van der Waals surface area contributed by atoms with Crippen LogP contribution in [0.1, 0.15) is 407 Å². The molecule has 0 aromatic carbocycles. The predicted molar refractivity (Wildman–Crippen MR) is 391 cm³/mol. The summed E-state index contributed by atoms with van der Waals surface area (Å²) >= 11 is 0. The van der Waals surface area contributed by atoms with Crippen LogP contribution < -0.4 is 0 Å². The molecule has 0 aliphatic heterocycles. The molecule has 0 amide bonds. The van der Waals surface area contributed by atoms with Crippen molar-refractivity contribution in [3.8, 4) is 0 Å². The number of hydrogen-bond donors (Lipinski definition) is 3. The molecular formula is C77H150O17P2. The predicted octanol–water partition coefficient (Wildman–Crippen LogP) is 22.9. The standard InChI is InChI=1S/C77H150O17P2/c1-6-9-12-15-18-21-24-26-28-33-36-41-46-51-56-61-75(80)88-67-73(94-77(82)63-58-53-48-43-38-34-30-29-31-35-39-44-49-54-59-70(4)5)69-92-96(85,86)90-65-71(78)64-89-95(83,84)91-68-72(66-87-74(79)60-55-50-45-40-23-20-17-14-11-8-3)93-76(81)62-57-52-47-42-37-32-27-25-22-19-16-13-10-7-2/h70-73,78H,6-69H2,1-5H3,(H,83,84)(H,85,86)/t71-,72+,73+/m0/s1. The minimum atomic E-state index is -4.96. The lowest BCUT2D eigenvalue weighted by atomic mass is 10.0. The molecule has 0 saturated heterocycles. The molecular weight excluding hydrogens is 1260 g/mol. The monoisotopic (exact) mass is 1410 g/mol. The van der Waals surface area contributed by atoms with Crippen LogP contribution in [0, 0.1) is 5.92 Å². The number of hydrogen-bond acceptors (Lipinski definition) is 15. The lowest BCUT2D eigenvalue weighted by Gasteiger charge is -2.21. The zero-order valence-corrected chi connectivity index (χ0v) is 64.3. The molecule has 0 aliphatic rings. The number of carbonyl (C=O) groups excluding carboxylic acids is 4. The summed E-state index contributed by atoms with van der Waals surface area (Å²) in [6.45, 7) is 7.33. The fourth-order valence-electron chi connectivity index (χ4n) is 11.9. The molecule has 0 fully saturated rings. The second kappa shape index (κ2) is 70.1. The smallest absolute Gasteiger partial charge is 0.462 e. The van der Waals surface area contributed by atoms with Gasteiger partial charge in [0.05, 0.1) is 26.4 Å². The Hall–Kier alpha value is -1.94. The Balaban J connectivity index is 5.24. The van der Waals surface area contributed by atoms with Gasteiger partial charge in [-0.05, 0) is 31.6 Å². The average Bonchev–Trinajstić information content (AvgIpc) is 1.17. The van der Waals surface area contributed by atoms with Gasteiger partial charge in [0.1, 0.15) is 19.3 Å². The van der Waals surface area contributed by atoms with E-state index >= 15 is 0 Å². The minimum Gasteiger partial charge on any atom is -0.462 e. The van der Waals surface area contributed by atoms with E-state index in [0.717, 1.165) is 95.8 Å². The average molecular weight is 1410 g/mol. The molecule has 0 rings (SSSR count). The van der Waals surface area contributed by atoms with E-state index in [9.17, 15) is 43.2 Å². The van der Waals surface area contributed by atoms with Crippen molar-refractivity contribution < 1.29 is 80.2 Å². The van der Waals surface area contributed by atoms with Gasteiger partial charge in [-0.1, -0.05) is 356 Å². The third kappa shape index (κ3) is 70.5. The second-order valence-electron chi connectivity index (χ2n) is 28.2. The van der Waals surface area contributed by atoms with Crippen LogP contribution in [0.25, 0.3) is 0 Å². The van der Waals surface area contributed by atoms with Crippen LogP contribution in [0.15, 0.2) is 0 Å². The summed E-state index contributed by atoms with van der Waals surface area (Å²) in [5, 5.41) is 10.6. The molecule has 0 spiro atoms. The minimum absolute atomic E-state index is 0.108. The van der Waals surface area contributed by atoms with Crippen molar-refractivity contribution in [2.24, 2.45) is 5.92 Å². The van der Waals surface area contributed by atoms with Crippen LogP contribution in [-0.2, 0) is 65.4 Å². The quantitative estimate of drug-likeness (QED) is 0.0222. The molecule has 0 aromatic heterocycles. The first-order chi connectivity index (χ1) is 46.5. The van der Waals surface area contributed by atoms with Crippen molar-refractivity contribution in [3.05, 3.63) is 0 Å². The van der Waals surface area contributed by atoms with E-state index in [2.05, 4.69) is 34.6 Å². The summed E-state index contributed by atoms with van der Waals surface area (Å²) < 4.78 is 68.6. The summed E-state index contributed by atoms with van der Waals surface area (Å²) in [5.74, 6) is -1.31. The number of rotatable bonds is 77. The lowest BCUT2D eigenvalue weighted by molar-refractivity contribution is -0.161. The molecule has 0 aromatic rings. The maximum Gasteiger partial charge on any atom is 0.472 e. The second-order valence-corrected chi connectivity index (χ2v) is 31.1. The van der Waals surface area contributed by atoms with E-state index in [1.54, 1.807) is 0 Å². The van der Waals surface area contributed by atoms with Gasteiger partial charge in [-0.3, -0.25) is 37.3 Å². The van der Waals surface area contributed by atoms with Gasteiger partial charge >= 0.3 is 39.5 Å². The highest BCUT2D eigenvalue weighted by molar-refractivity contribution is 7.47. The van der Waals surface area contributed by atoms with E-state index in [1.165, 1.54) is 231 Å². The van der Waals surface area contributed by atoms with Gasteiger partial charge in [0.15, 0.2) is 12.2 Å². The van der Waals surface area contributed by atoms with Gasteiger partial charge in [0.2, 0.25) is 0 Å². The molecule has 0 radical (unpaired) electrons. The molecule has 0 saturated carbocycles. The topological polar surface area (TPSA) is 237 Å². The van der Waals surface area contributed by atoms with E-state index < -0.39 is 97.5 Å². The highest BCUT2D eigenvalue weighted by atomic mass is 31.2. The normalized spacial score (nSPS) is 13.9. The lowest BCUT2D eigenvalue weighted by Crippen LogP contribution is -2.30. The van der Waals surface area contributed by atoms with Gasteiger partial charge in [0, 0.05) is 25.7 Å². The Bertz CT molecular complexity index is 1840. The zero-order valence-electron chi connectivity index (χ0n) is 62.5. The molecule has 17 nitrogen and oxygen atoms in total. The SMILES string of the molecule is CCCCCCCCCCCCCCCCCC(=O)OC[C@H](COP(=O)(O)OC[C@@H](O)COP(=O)(O)OC[C@@H](COC(=O)CCCCCCCCCCCC)OC(=O)CCCCCCCCCCCCCCCC)OC(=O)CCCCCCCCCCCCCCCCC(C)C. The fourth-order valence-corrected chi connectivity index (χ4v) is 13.5. The molecule has 96 heavy (non-hydrogen) atoms. The number of carbonyl (C=O) groups is 4. The van der Waals surface area contributed by atoms with E-state index in [1.807, 2.05) is 0 Å². The van der Waals surface area contributed by atoms with Crippen molar-refractivity contribution in [2.75, 3.05) is 39.6 Å². The molecule has 2 unspecified atom stereocenters. The van der Waals surface area contributed by atoms with Crippen molar-refractivity contribution >= 4 is 39.5 Å². The van der Waals surface area contributed by atoms with Gasteiger partial charge in [0.25, 0.3) is 0 Å². The van der Waals surface area contributed by atoms with Crippen LogP contribution >= 0.6 is 15.6 Å². The first-order valence-corrected chi connectivity index (χ1v) is 43.1. The number of aliphatic hydroxyl groups is 1. The number of aliphatic hydroxyl groups excluding tert-OH is 1. The molecule has 0 aliphatic carbocycles. The summed E-state index contributed by atoms with van der Waals surface area (Å²) in [7, 11) is -9.91. The van der Waals surface area contributed by atoms with E-state index in [4.69, 9.17) is 37.0 Å². The largest absolute Gasteiger partial charge is 0.472 e. The van der Waals surface area contributed by atoms with Crippen molar-refractivity contribution in [1.29, 1.82) is 0 Å². The number of phosphoric ester groups is 2. The first kappa shape index (κ1) is 94.1. The van der Waals surface area contributed by atoms with E-state index in [0.29, 0.717) is 25.7 Å². The van der Waals surface area contributed by atoms with Crippen molar-refractivity contribution in [3.63, 3.8) is 0 Å². The van der Waals surface area contributed by atoms with Crippen LogP contribution in [0.4, 0.5) is 0 Å². The highest BCUT2D eigenvalue weighted by Gasteiger charge is 2.30. The third-order valence-electron chi connectivity index (χ3n) is 18.0. The summed E-state index contributed by atoms with van der Waals surface area (Å²) in [4.78, 5) is 72.9. The van der Waals surface area contributed by atoms with Gasteiger partial charge in [-0.25, -0.2) is 9.13 Å². The Morgan fingerprint density at radius 3 is 0.708 bits per heavy atom. The molecule has 0 bridgehead atoms. The van der Waals surface area contributed by atoms with Crippen LogP contribution in [-0.4, -0.2) is 96.7 Å². The molecule has 3 N–H and O–H groups in total. The molecule has 19 heteroatoms. The summed E-state index contributed by atoms with van der Waals surface area (Å²) in [5.41, 5.74) is 0. The van der Waals surface area contributed by atoms with Crippen LogP contribution in [0.5, 0.6) is 0 Å². The Kier molecular flexibility index (Phi) is 68.7. The molecule has 0 heterocycles. The summed E-state index contributed by atoms with van der Waals surface area (Å²) in [6.07, 6.45) is 59.5. The number of ether oxygens (including phenoxy) is 4. The Morgan fingerprint density at radius 1 is 0.281 bits per heavy atom.